The second-order valence-corrected chi connectivity index (χ2v) is 2.98. The minimum atomic E-state index is -0.811. The van der Waals surface area contributed by atoms with Crippen LogP contribution < -0.4 is 0 Å². The third kappa shape index (κ3) is 3.57. The largest absolute Gasteiger partial charge is 0.380 e. The van der Waals surface area contributed by atoms with Crippen LogP contribution in [0, 0.1) is 0 Å². The maximum absolute atomic E-state index is 5.20. The van der Waals surface area contributed by atoms with E-state index in [0.717, 1.165) is 18.6 Å². The summed E-state index contributed by atoms with van der Waals surface area (Å²) in [4.78, 5) is 0. The van der Waals surface area contributed by atoms with E-state index in [-0.39, 0.29) is 0 Å². The predicted octanol–water partition coefficient (Wildman–Crippen LogP) is -0.0600. The van der Waals surface area contributed by atoms with E-state index in [9.17, 15) is 0 Å². The summed E-state index contributed by atoms with van der Waals surface area (Å²) in [7, 11) is 3.77. The van der Waals surface area contributed by atoms with Crippen molar-refractivity contribution in [3.8, 4) is 0 Å². The van der Waals surface area contributed by atoms with Crippen LogP contribution in [0.2, 0.25) is 0 Å². The molecule has 0 amide bonds. The van der Waals surface area contributed by atoms with E-state index in [2.05, 4.69) is 12.6 Å². The number of ether oxygens (including phenoxy) is 2. The fourth-order valence-electron chi connectivity index (χ4n) is 0.852. The van der Waals surface area contributed by atoms with Crippen LogP contribution in [-0.4, -0.2) is 36.4 Å². The Morgan fingerprint density at radius 3 is 2.18 bits per heavy atom. The van der Waals surface area contributed by atoms with Crippen LogP contribution >= 0.6 is 12.6 Å². The Morgan fingerprint density at radius 1 is 1.36 bits per heavy atom. The van der Waals surface area contributed by atoms with Crippen LogP contribution in [0.15, 0.2) is 0 Å². The van der Waals surface area contributed by atoms with Crippen molar-refractivity contribution in [1.29, 1.82) is 0 Å². The maximum Gasteiger partial charge on any atom is 0.272 e. The van der Waals surface area contributed by atoms with Crippen LogP contribution in [-0.2, 0) is 13.9 Å². The molecular weight excluding hydrogens is 180 g/mol. The molecule has 0 rings (SSSR count). The minimum absolute atomic E-state index is 0.607. The standard InChI is InChI=1S/C6H16O3SSi/c1-7-6(8-2,9-11)4-3-5-10/h10H,3-5H2,1-2,11H3. The van der Waals surface area contributed by atoms with Gasteiger partial charge in [0.25, 0.3) is 5.97 Å². The van der Waals surface area contributed by atoms with E-state index in [4.69, 9.17) is 13.9 Å². The molecule has 68 valence electrons. The predicted molar refractivity (Wildman–Crippen MR) is 50.9 cm³/mol. The lowest BCUT2D eigenvalue weighted by molar-refractivity contribution is -0.324. The Kier molecular flexibility index (Phi) is 6.26. The highest BCUT2D eigenvalue weighted by molar-refractivity contribution is 7.80. The molecule has 0 saturated heterocycles. The van der Waals surface area contributed by atoms with Crippen molar-refractivity contribution in [2.45, 2.75) is 18.8 Å². The summed E-state index contributed by atoms with van der Waals surface area (Å²) in [5, 5.41) is 0. The molecule has 0 radical (unpaired) electrons. The van der Waals surface area contributed by atoms with E-state index >= 15 is 0 Å². The first-order chi connectivity index (χ1) is 5.24. The first-order valence-electron chi connectivity index (χ1n) is 3.51. The van der Waals surface area contributed by atoms with Crippen molar-refractivity contribution >= 4 is 23.1 Å². The van der Waals surface area contributed by atoms with Crippen LogP contribution in [0.4, 0.5) is 0 Å². The molecule has 0 aliphatic carbocycles. The zero-order valence-electron chi connectivity index (χ0n) is 7.29. The molecule has 0 atom stereocenters. The van der Waals surface area contributed by atoms with Gasteiger partial charge in [-0.15, -0.1) is 0 Å². The van der Waals surface area contributed by atoms with Gasteiger partial charge in [0.05, 0.1) is 0 Å². The van der Waals surface area contributed by atoms with Gasteiger partial charge in [0.2, 0.25) is 0 Å². The first-order valence-corrected chi connectivity index (χ1v) is 4.96. The van der Waals surface area contributed by atoms with E-state index in [0.29, 0.717) is 10.5 Å². The lowest BCUT2D eigenvalue weighted by Gasteiger charge is -2.29. The second-order valence-electron chi connectivity index (χ2n) is 2.12. The highest BCUT2D eigenvalue weighted by Crippen LogP contribution is 2.18. The number of thiol groups is 1. The molecule has 11 heavy (non-hydrogen) atoms. The SMILES string of the molecule is COC(CCCS)(OC)O[SiH3]. The topological polar surface area (TPSA) is 27.7 Å². The average molecular weight is 196 g/mol. The molecule has 0 unspecified atom stereocenters. The van der Waals surface area contributed by atoms with Gasteiger partial charge >= 0.3 is 0 Å². The zero-order valence-corrected chi connectivity index (χ0v) is 10.2. The van der Waals surface area contributed by atoms with Gasteiger partial charge in [0.15, 0.2) is 10.5 Å². The van der Waals surface area contributed by atoms with Crippen molar-refractivity contribution < 1.29 is 13.9 Å². The van der Waals surface area contributed by atoms with Crippen LogP contribution in [0.25, 0.3) is 0 Å². The lowest BCUT2D eigenvalue weighted by Crippen LogP contribution is -2.36. The Morgan fingerprint density at radius 2 is 1.91 bits per heavy atom. The Balaban J connectivity index is 3.84. The summed E-state index contributed by atoms with van der Waals surface area (Å²) in [5.74, 6) is 0.00827. The summed E-state index contributed by atoms with van der Waals surface area (Å²) in [5.41, 5.74) is 0. The molecule has 5 heteroatoms. The van der Waals surface area contributed by atoms with Crippen molar-refractivity contribution in [3.05, 3.63) is 0 Å². The molecule has 0 aliphatic rings. The molecule has 0 N–H and O–H groups in total. The molecule has 0 aromatic heterocycles. The van der Waals surface area contributed by atoms with Gasteiger partial charge in [-0.3, -0.25) is 0 Å². The summed E-state index contributed by atoms with van der Waals surface area (Å²) < 4.78 is 15.4. The molecule has 3 nitrogen and oxygen atoms in total. The van der Waals surface area contributed by atoms with Crippen molar-refractivity contribution in [2.75, 3.05) is 20.0 Å². The number of methoxy groups -OCH3 is 2. The second kappa shape index (κ2) is 6.02. The molecule has 0 saturated carbocycles. The van der Waals surface area contributed by atoms with Crippen molar-refractivity contribution in [1.82, 2.24) is 0 Å². The summed E-state index contributed by atoms with van der Waals surface area (Å²) in [6.07, 6.45) is 1.65. The van der Waals surface area contributed by atoms with E-state index in [1.807, 2.05) is 0 Å². The average Bonchev–Trinajstić information content (AvgIpc) is 2.08. The van der Waals surface area contributed by atoms with Gasteiger partial charge in [0.1, 0.15) is 0 Å². The normalized spacial score (nSPS) is 12.3. The van der Waals surface area contributed by atoms with Crippen LogP contribution in [0.5, 0.6) is 0 Å². The fraction of sp³-hybridized carbons (Fsp3) is 1.00. The van der Waals surface area contributed by atoms with Gasteiger partial charge in [-0.1, -0.05) is 0 Å². The van der Waals surface area contributed by atoms with Crippen molar-refractivity contribution in [3.63, 3.8) is 0 Å². The fourth-order valence-corrected chi connectivity index (χ4v) is 1.55. The van der Waals surface area contributed by atoms with E-state index < -0.39 is 5.97 Å². The van der Waals surface area contributed by atoms with Gasteiger partial charge < -0.3 is 13.9 Å². The van der Waals surface area contributed by atoms with Gasteiger partial charge in [-0.2, -0.15) is 12.6 Å². The Bertz CT molecular complexity index is 89.6. The molecule has 0 spiro atoms. The Labute approximate surface area is 76.4 Å². The highest BCUT2D eigenvalue weighted by Gasteiger charge is 2.27. The first kappa shape index (κ1) is 11.4. The molecule has 0 aromatic carbocycles. The van der Waals surface area contributed by atoms with Gasteiger partial charge in [0, 0.05) is 20.6 Å². The van der Waals surface area contributed by atoms with E-state index in [1.54, 1.807) is 14.2 Å². The molecular formula is C6H16O3SSi. The zero-order chi connectivity index (χ0) is 8.74. The molecule has 0 aliphatic heterocycles. The molecule has 0 bridgehead atoms. The third-order valence-electron chi connectivity index (χ3n) is 1.57. The highest BCUT2D eigenvalue weighted by atomic mass is 32.1. The number of hydrogen-bond acceptors (Lipinski definition) is 4. The van der Waals surface area contributed by atoms with E-state index in [1.165, 1.54) is 0 Å². The summed E-state index contributed by atoms with van der Waals surface area (Å²) in [6.45, 7) is 0. The smallest absolute Gasteiger partial charge is 0.272 e. The quantitative estimate of drug-likeness (QED) is 0.366. The summed E-state index contributed by atoms with van der Waals surface area (Å²) in [6, 6.07) is 0. The maximum atomic E-state index is 5.20. The summed E-state index contributed by atoms with van der Waals surface area (Å²) >= 11 is 4.09. The van der Waals surface area contributed by atoms with Crippen LogP contribution in [0.1, 0.15) is 12.8 Å². The number of rotatable bonds is 6. The monoisotopic (exact) mass is 196 g/mol. The van der Waals surface area contributed by atoms with Gasteiger partial charge in [-0.05, 0) is 12.2 Å². The number of hydrogen-bond donors (Lipinski definition) is 1. The van der Waals surface area contributed by atoms with Crippen LogP contribution in [0.3, 0.4) is 0 Å². The van der Waals surface area contributed by atoms with Gasteiger partial charge in [-0.25, -0.2) is 0 Å². The minimum Gasteiger partial charge on any atom is -0.380 e. The van der Waals surface area contributed by atoms with Crippen molar-refractivity contribution in [2.24, 2.45) is 0 Å². The lowest BCUT2D eigenvalue weighted by atomic mass is 10.3. The third-order valence-corrected chi connectivity index (χ3v) is 2.51. The molecule has 0 aromatic rings. The molecule has 0 fully saturated rings. The molecule has 0 heterocycles. The Hall–Kier alpha value is 0.447.